The second kappa shape index (κ2) is 5.80. The van der Waals surface area contributed by atoms with Crippen molar-refractivity contribution in [3.8, 4) is 0 Å². The standard InChI is InChI=1S/C13H24N2S/c1-10(13(2,3)4)8-15-9-11(14)12-6-5-7-16-12/h5-7,10-11,15H,8-9,14H2,1-4H3. The van der Waals surface area contributed by atoms with Crippen molar-refractivity contribution in [3.05, 3.63) is 22.4 Å². The third kappa shape index (κ3) is 4.24. The second-order valence-corrected chi connectivity index (χ2v) is 6.53. The highest BCUT2D eigenvalue weighted by Crippen LogP contribution is 2.24. The quantitative estimate of drug-likeness (QED) is 0.830. The highest BCUT2D eigenvalue weighted by Gasteiger charge is 2.19. The number of hydrogen-bond acceptors (Lipinski definition) is 3. The molecule has 0 bridgehead atoms. The molecule has 92 valence electrons. The molecule has 1 rings (SSSR count). The van der Waals surface area contributed by atoms with Crippen LogP contribution in [0.15, 0.2) is 17.5 Å². The molecule has 1 aromatic heterocycles. The molecular weight excluding hydrogens is 216 g/mol. The van der Waals surface area contributed by atoms with Gasteiger partial charge in [-0.25, -0.2) is 0 Å². The lowest BCUT2D eigenvalue weighted by Gasteiger charge is -2.27. The first kappa shape index (κ1) is 13.7. The fourth-order valence-electron chi connectivity index (χ4n) is 1.36. The van der Waals surface area contributed by atoms with Gasteiger partial charge in [-0.05, 0) is 29.3 Å². The summed E-state index contributed by atoms with van der Waals surface area (Å²) in [5.74, 6) is 0.656. The van der Waals surface area contributed by atoms with Crippen LogP contribution in [0.25, 0.3) is 0 Å². The maximum absolute atomic E-state index is 6.08. The Morgan fingerprint density at radius 2 is 2.06 bits per heavy atom. The van der Waals surface area contributed by atoms with Gasteiger partial charge >= 0.3 is 0 Å². The minimum Gasteiger partial charge on any atom is -0.322 e. The van der Waals surface area contributed by atoms with Gasteiger partial charge in [0.15, 0.2) is 0 Å². The van der Waals surface area contributed by atoms with Crippen LogP contribution in [0, 0.1) is 11.3 Å². The lowest BCUT2D eigenvalue weighted by atomic mass is 9.82. The maximum atomic E-state index is 6.08. The lowest BCUT2D eigenvalue weighted by molar-refractivity contribution is 0.252. The molecule has 0 aromatic carbocycles. The van der Waals surface area contributed by atoms with Crippen LogP contribution in [0.4, 0.5) is 0 Å². The molecule has 0 amide bonds. The van der Waals surface area contributed by atoms with Crippen molar-refractivity contribution in [1.82, 2.24) is 5.32 Å². The third-order valence-electron chi connectivity index (χ3n) is 3.20. The summed E-state index contributed by atoms with van der Waals surface area (Å²) in [6, 6.07) is 4.29. The maximum Gasteiger partial charge on any atom is 0.0516 e. The fraction of sp³-hybridized carbons (Fsp3) is 0.692. The zero-order chi connectivity index (χ0) is 12.2. The Morgan fingerprint density at radius 3 is 2.56 bits per heavy atom. The molecule has 0 aliphatic heterocycles. The van der Waals surface area contributed by atoms with Crippen LogP contribution in [0.3, 0.4) is 0 Å². The molecule has 1 heterocycles. The van der Waals surface area contributed by atoms with Crippen molar-refractivity contribution in [2.75, 3.05) is 13.1 Å². The molecule has 0 aliphatic carbocycles. The van der Waals surface area contributed by atoms with Gasteiger partial charge in [0.2, 0.25) is 0 Å². The molecule has 3 N–H and O–H groups in total. The summed E-state index contributed by atoms with van der Waals surface area (Å²) in [6.07, 6.45) is 0. The number of nitrogens with one attached hydrogen (secondary N) is 1. The molecule has 0 saturated heterocycles. The van der Waals surface area contributed by atoms with Gasteiger partial charge in [-0.2, -0.15) is 0 Å². The van der Waals surface area contributed by atoms with Gasteiger partial charge in [0, 0.05) is 11.4 Å². The predicted molar refractivity (Wildman–Crippen MR) is 72.7 cm³/mol. The van der Waals surface area contributed by atoms with Crippen LogP contribution in [-0.4, -0.2) is 13.1 Å². The van der Waals surface area contributed by atoms with E-state index in [-0.39, 0.29) is 6.04 Å². The zero-order valence-electron chi connectivity index (χ0n) is 10.8. The zero-order valence-corrected chi connectivity index (χ0v) is 11.6. The van der Waals surface area contributed by atoms with E-state index in [0.717, 1.165) is 13.1 Å². The molecule has 0 saturated carbocycles. The van der Waals surface area contributed by atoms with Crippen LogP contribution in [0.5, 0.6) is 0 Å². The van der Waals surface area contributed by atoms with Crippen molar-refractivity contribution in [2.24, 2.45) is 17.1 Å². The summed E-state index contributed by atoms with van der Waals surface area (Å²) < 4.78 is 0. The molecule has 2 unspecified atom stereocenters. The summed E-state index contributed by atoms with van der Waals surface area (Å²) in [7, 11) is 0. The first-order chi connectivity index (χ1) is 7.41. The van der Waals surface area contributed by atoms with Crippen LogP contribution < -0.4 is 11.1 Å². The van der Waals surface area contributed by atoms with Crippen LogP contribution >= 0.6 is 11.3 Å². The van der Waals surface area contributed by atoms with E-state index >= 15 is 0 Å². The average molecular weight is 240 g/mol. The van der Waals surface area contributed by atoms with Crippen molar-refractivity contribution in [3.63, 3.8) is 0 Å². The van der Waals surface area contributed by atoms with Crippen LogP contribution in [0.2, 0.25) is 0 Å². The number of hydrogen-bond donors (Lipinski definition) is 2. The summed E-state index contributed by atoms with van der Waals surface area (Å²) in [6.45, 7) is 11.0. The van der Waals surface area contributed by atoms with Gasteiger partial charge in [-0.15, -0.1) is 11.3 Å². The molecule has 0 fully saturated rings. The normalized spacial score (nSPS) is 16.1. The number of nitrogens with two attached hydrogens (primary N) is 1. The summed E-state index contributed by atoms with van der Waals surface area (Å²) >= 11 is 1.73. The van der Waals surface area contributed by atoms with Crippen molar-refractivity contribution in [1.29, 1.82) is 0 Å². The van der Waals surface area contributed by atoms with E-state index in [1.54, 1.807) is 11.3 Å². The largest absolute Gasteiger partial charge is 0.322 e. The molecule has 16 heavy (non-hydrogen) atoms. The molecule has 2 nitrogen and oxygen atoms in total. The van der Waals surface area contributed by atoms with Gasteiger partial charge in [-0.1, -0.05) is 33.8 Å². The summed E-state index contributed by atoms with van der Waals surface area (Å²) in [5.41, 5.74) is 6.44. The lowest BCUT2D eigenvalue weighted by Crippen LogP contribution is -2.34. The fourth-order valence-corrected chi connectivity index (χ4v) is 2.09. The van der Waals surface area contributed by atoms with Gasteiger partial charge in [-0.3, -0.25) is 0 Å². The van der Waals surface area contributed by atoms with E-state index in [0.29, 0.717) is 11.3 Å². The van der Waals surface area contributed by atoms with Crippen molar-refractivity contribution < 1.29 is 0 Å². The topological polar surface area (TPSA) is 38.0 Å². The Balaban J connectivity index is 2.26. The third-order valence-corrected chi connectivity index (χ3v) is 4.21. The highest BCUT2D eigenvalue weighted by molar-refractivity contribution is 7.10. The van der Waals surface area contributed by atoms with Crippen LogP contribution in [-0.2, 0) is 0 Å². The molecule has 0 aliphatic rings. The minimum absolute atomic E-state index is 0.132. The SMILES string of the molecule is CC(CNCC(N)c1cccs1)C(C)(C)C. The van der Waals surface area contributed by atoms with Gasteiger partial charge in [0.1, 0.15) is 0 Å². The Bertz CT molecular complexity index is 287. The van der Waals surface area contributed by atoms with E-state index in [9.17, 15) is 0 Å². The first-order valence-electron chi connectivity index (χ1n) is 5.91. The molecule has 2 atom stereocenters. The smallest absolute Gasteiger partial charge is 0.0516 e. The van der Waals surface area contributed by atoms with Gasteiger partial charge < -0.3 is 11.1 Å². The Kier molecular flexibility index (Phi) is 4.96. The molecule has 0 radical (unpaired) electrons. The predicted octanol–water partition coefficient (Wildman–Crippen LogP) is 3.02. The molecule has 1 aromatic rings. The Morgan fingerprint density at radius 1 is 1.38 bits per heavy atom. The van der Waals surface area contributed by atoms with E-state index in [1.807, 2.05) is 0 Å². The molecule has 0 spiro atoms. The average Bonchev–Trinajstić information content (AvgIpc) is 2.68. The van der Waals surface area contributed by atoms with Crippen molar-refractivity contribution >= 4 is 11.3 Å². The Labute approximate surface area is 103 Å². The molecular formula is C13H24N2S. The van der Waals surface area contributed by atoms with E-state index < -0.39 is 0 Å². The summed E-state index contributed by atoms with van der Waals surface area (Å²) in [5, 5.41) is 5.54. The Hall–Kier alpha value is -0.380. The number of rotatable bonds is 5. The second-order valence-electron chi connectivity index (χ2n) is 5.55. The van der Waals surface area contributed by atoms with E-state index in [1.165, 1.54) is 4.88 Å². The van der Waals surface area contributed by atoms with Crippen LogP contribution in [0.1, 0.15) is 38.6 Å². The first-order valence-corrected chi connectivity index (χ1v) is 6.79. The van der Waals surface area contributed by atoms with Crippen molar-refractivity contribution in [2.45, 2.75) is 33.7 Å². The number of thiophene rings is 1. The van der Waals surface area contributed by atoms with Gasteiger partial charge in [0.25, 0.3) is 0 Å². The molecule has 3 heteroatoms. The minimum atomic E-state index is 0.132. The summed E-state index contributed by atoms with van der Waals surface area (Å²) in [4.78, 5) is 1.26. The van der Waals surface area contributed by atoms with E-state index in [2.05, 4.69) is 50.5 Å². The highest BCUT2D eigenvalue weighted by atomic mass is 32.1. The van der Waals surface area contributed by atoms with Gasteiger partial charge in [0.05, 0.1) is 6.04 Å². The van der Waals surface area contributed by atoms with E-state index in [4.69, 9.17) is 5.73 Å². The monoisotopic (exact) mass is 240 g/mol.